The number of fused-ring (bicyclic) bond motifs is 1. The Morgan fingerprint density at radius 2 is 2.25 bits per heavy atom. The molecular formula is C7H6BrN3O. The summed E-state index contributed by atoms with van der Waals surface area (Å²) in [5.74, 6) is 0.781. The van der Waals surface area contributed by atoms with E-state index in [0.717, 1.165) is 11.4 Å². The van der Waals surface area contributed by atoms with Gasteiger partial charge in [-0.15, -0.1) is 10.2 Å². The molecule has 0 aliphatic rings. The van der Waals surface area contributed by atoms with E-state index in [1.807, 2.05) is 18.3 Å². The Morgan fingerprint density at radius 1 is 1.42 bits per heavy atom. The highest BCUT2D eigenvalue weighted by atomic mass is 79.9. The first-order valence-corrected chi connectivity index (χ1v) is 4.15. The number of pyridine rings is 1. The van der Waals surface area contributed by atoms with E-state index in [4.69, 9.17) is 4.74 Å². The predicted octanol–water partition coefficient (Wildman–Crippen LogP) is 1.50. The van der Waals surface area contributed by atoms with Crippen molar-refractivity contribution in [1.82, 2.24) is 14.6 Å². The summed E-state index contributed by atoms with van der Waals surface area (Å²) in [4.78, 5) is 0. The average molecular weight is 228 g/mol. The number of halogens is 1. The van der Waals surface area contributed by atoms with E-state index in [9.17, 15) is 0 Å². The Kier molecular flexibility index (Phi) is 1.73. The number of aromatic nitrogens is 3. The molecule has 4 nitrogen and oxygen atoms in total. The number of ether oxygens (including phenoxy) is 1. The molecule has 2 rings (SSSR count). The van der Waals surface area contributed by atoms with E-state index in [1.54, 1.807) is 11.5 Å². The molecule has 0 aliphatic heterocycles. The van der Waals surface area contributed by atoms with Crippen molar-refractivity contribution in [2.75, 3.05) is 7.11 Å². The lowest BCUT2D eigenvalue weighted by Gasteiger charge is -1.98. The Morgan fingerprint density at radius 3 is 3.00 bits per heavy atom. The van der Waals surface area contributed by atoms with Gasteiger partial charge in [0.15, 0.2) is 5.65 Å². The summed E-state index contributed by atoms with van der Waals surface area (Å²) in [6, 6.07) is 3.69. The number of rotatable bonds is 1. The van der Waals surface area contributed by atoms with Crippen LogP contribution in [0.1, 0.15) is 0 Å². The molecule has 0 atom stereocenters. The summed E-state index contributed by atoms with van der Waals surface area (Å²) in [5, 5.41) is 7.75. The molecule has 0 N–H and O–H groups in total. The summed E-state index contributed by atoms with van der Waals surface area (Å²) in [7, 11) is 1.62. The van der Waals surface area contributed by atoms with Gasteiger partial charge in [0.25, 0.3) is 0 Å². The zero-order valence-corrected chi connectivity index (χ0v) is 7.95. The van der Waals surface area contributed by atoms with E-state index in [-0.39, 0.29) is 0 Å². The molecule has 2 aromatic heterocycles. The van der Waals surface area contributed by atoms with Gasteiger partial charge in [0, 0.05) is 0 Å². The van der Waals surface area contributed by atoms with E-state index in [1.165, 1.54) is 0 Å². The molecule has 62 valence electrons. The molecular weight excluding hydrogens is 222 g/mol. The molecule has 0 radical (unpaired) electrons. The summed E-state index contributed by atoms with van der Waals surface area (Å²) in [6.07, 6.45) is 1.82. The fourth-order valence-corrected chi connectivity index (χ4v) is 1.33. The molecule has 0 aliphatic carbocycles. The second kappa shape index (κ2) is 2.75. The number of methoxy groups -OCH3 is 1. The molecule has 0 unspecified atom stereocenters. The highest BCUT2D eigenvalue weighted by Gasteiger charge is 2.01. The minimum Gasteiger partial charge on any atom is -0.495 e. The van der Waals surface area contributed by atoms with Gasteiger partial charge in [0.1, 0.15) is 5.75 Å². The smallest absolute Gasteiger partial charge is 0.204 e. The van der Waals surface area contributed by atoms with E-state index >= 15 is 0 Å². The monoisotopic (exact) mass is 227 g/mol. The van der Waals surface area contributed by atoms with E-state index in [0.29, 0.717) is 4.73 Å². The van der Waals surface area contributed by atoms with Crippen LogP contribution in [0.3, 0.4) is 0 Å². The summed E-state index contributed by atoms with van der Waals surface area (Å²) < 4.78 is 7.53. The van der Waals surface area contributed by atoms with Crippen LogP contribution >= 0.6 is 15.9 Å². The second-order valence-electron chi connectivity index (χ2n) is 2.27. The SMILES string of the molecule is COc1ccc2nnc(Br)n2c1. The van der Waals surface area contributed by atoms with Gasteiger partial charge in [-0.25, -0.2) is 0 Å². The van der Waals surface area contributed by atoms with Gasteiger partial charge in [-0.2, -0.15) is 0 Å². The van der Waals surface area contributed by atoms with Gasteiger partial charge < -0.3 is 4.74 Å². The van der Waals surface area contributed by atoms with E-state index < -0.39 is 0 Å². The topological polar surface area (TPSA) is 39.4 Å². The third-order valence-corrected chi connectivity index (χ3v) is 2.11. The normalized spacial score (nSPS) is 10.5. The van der Waals surface area contributed by atoms with Gasteiger partial charge >= 0.3 is 0 Å². The van der Waals surface area contributed by atoms with Crippen LogP contribution in [0.15, 0.2) is 23.1 Å². The minimum atomic E-state index is 0.677. The van der Waals surface area contributed by atoms with E-state index in [2.05, 4.69) is 26.1 Å². The van der Waals surface area contributed by atoms with Crippen molar-refractivity contribution in [2.24, 2.45) is 0 Å². The number of hydrogen-bond donors (Lipinski definition) is 0. The van der Waals surface area contributed by atoms with Crippen molar-refractivity contribution in [3.8, 4) is 5.75 Å². The van der Waals surface area contributed by atoms with Gasteiger partial charge in [-0.3, -0.25) is 4.40 Å². The van der Waals surface area contributed by atoms with Crippen molar-refractivity contribution < 1.29 is 4.74 Å². The maximum atomic E-state index is 5.05. The Bertz CT molecular complexity index is 412. The van der Waals surface area contributed by atoms with Crippen LogP contribution in [0.2, 0.25) is 0 Å². The van der Waals surface area contributed by atoms with Crippen LogP contribution in [0.4, 0.5) is 0 Å². The van der Waals surface area contributed by atoms with Crippen molar-refractivity contribution in [3.05, 3.63) is 23.1 Å². The zero-order valence-electron chi connectivity index (χ0n) is 6.36. The van der Waals surface area contributed by atoms with Crippen molar-refractivity contribution in [2.45, 2.75) is 0 Å². The van der Waals surface area contributed by atoms with Gasteiger partial charge in [-0.05, 0) is 28.1 Å². The lowest BCUT2D eigenvalue weighted by molar-refractivity contribution is 0.412. The molecule has 0 fully saturated rings. The third-order valence-electron chi connectivity index (χ3n) is 1.57. The molecule has 0 aromatic carbocycles. The summed E-state index contributed by atoms with van der Waals surface area (Å²) in [5.41, 5.74) is 0.794. The molecule has 5 heteroatoms. The standard InChI is InChI=1S/C7H6BrN3O/c1-12-5-2-3-6-9-10-7(8)11(6)4-5/h2-4H,1H3. The maximum Gasteiger partial charge on any atom is 0.204 e. The van der Waals surface area contributed by atoms with Crippen LogP contribution in [0, 0.1) is 0 Å². The lowest BCUT2D eigenvalue weighted by atomic mass is 10.4. The molecule has 0 saturated carbocycles. The number of nitrogens with zero attached hydrogens (tertiary/aromatic N) is 3. The van der Waals surface area contributed by atoms with Crippen LogP contribution in [-0.4, -0.2) is 21.7 Å². The zero-order chi connectivity index (χ0) is 8.55. The Hall–Kier alpha value is -1.10. The highest BCUT2D eigenvalue weighted by Crippen LogP contribution is 2.15. The molecule has 0 bridgehead atoms. The fourth-order valence-electron chi connectivity index (χ4n) is 0.964. The van der Waals surface area contributed by atoms with Crippen LogP contribution in [0.5, 0.6) is 5.75 Å². The van der Waals surface area contributed by atoms with Gasteiger partial charge in [0.05, 0.1) is 13.3 Å². The first-order chi connectivity index (χ1) is 5.81. The molecule has 0 spiro atoms. The van der Waals surface area contributed by atoms with Crippen LogP contribution in [0.25, 0.3) is 5.65 Å². The molecule has 2 heterocycles. The Balaban J connectivity index is 2.71. The van der Waals surface area contributed by atoms with Crippen molar-refractivity contribution in [1.29, 1.82) is 0 Å². The largest absolute Gasteiger partial charge is 0.495 e. The molecule has 12 heavy (non-hydrogen) atoms. The number of hydrogen-bond acceptors (Lipinski definition) is 3. The van der Waals surface area contributed by atoms with Gasteiger partial charge in [-0.1, -0.05) is 0 Å². The first kappa shape index (κ1) is 7.54. The highest BCUT2D eigenvalue weighted by molar-refractivity contribution is 9.10. The second-order valence-corrected chi connectivity index (χ2v) is 2.98. The molecule has 2 aromatic rings. The first-order valence-electron chi connectivity index (χ1n) is 3.35. The Labute approximate surface area is 77.3 Å². The average Bonchev–Trinajstić information content (AvgIpc) is 2.47. The summed E-state index contributed by atoms with van der Waals surface area (Å²) in [6.45, 7) is 0. The van der Waals surface area contributed by atoms with Crippen molar-refractivity contribution in [3.63, 3.8) is 0 Å². The summed E-state index contributed by atoms with van der Waals surface area (Å²) >= 11 is 3.26. The minimum absolute atomic E-state index is 0.677. The molecule has 0 saturated heterocycles. The maximum absolute atomic E-state index is 5.05. The molecule has 0 amide bonds. The fraction of sp³-hybridized carbons (Fsp3) is 0.143. The van der Waals surface area contributed by atoms with Crippen LogP contribution < -0.4 is 4.74 Å². The quantitative estimate of drug-likeness (QED) is 0.742. The predicted molar refractivity (Wildman–Crippen MR) is 47.2 cm³/mol. The van der Waals surface area contributed by atoms with Gasteiger partial charge in [0.2, 0.25) is 4.73 Å². The van der Waals surface area contributed by atoms with Crippen LogP contribution in [-0.2, 0) is 0 Å². The third kappa shape index (κ3) is 1.06. The lowest BCUT2D eigenvalue weighted by Crippen LogP contribution is -1.88. The van der Waals surface area contributed by atoms with Crippen molar-refractivity contribution >= 4 is 21.6 Å².